The zero-order valence-corrected chi connectivity index (χ0v) is 14.7. The predicted molar refractivity (Wildman–Crippen MR) is 78.3 cm³/mol. The molecule has 0 fully saturated rings. The van der Waals surface area contributed by atoms with Crippen LogP contribution in [0.3, 0.4) is 0 Å². The van der Waals surface area contributed by atoms with E-state index in [2.05, 4.69) is 34.5 Å². The molecule has 0 saturated carbocycles. The van der Waals surface area contributed by atoms with Crippen LogP contribution in [0.4, 0.5) is 0 Å². The van der Waals surface area contributed by atoms with Crippen LogP contribution in [0.2, 0.25) is 0 Å². The number of nitrogens with zero attached hydrogens (tertiary/aromatic N) is 1. The Morgan fingerprint density at radius 2 is 1.79 bits per heavy atom. The third-order valence-corrected chi connectivity index (χ3v) is 6.55. The Balaban J connectivity index is 0.000000342. The average molecular weight is 441 g/mol. The first-order valence-electron chi connectivity index (χ1n) is 4.84. The minimum atomic E-state index is -5.01. The zero-order valence-electron chi connectivity index (χ0n) is 10.1. The van der Waals surface area contributed by atoms with Gasteiger partial charge in [0.15, 0.2) is 0 Å². The minimum absolute atomic E-state index is 0.532. The SMILES string of the molecule is CC(S(=O)(=O)[O-])S(=O)(=O)[O-].Cc1ncsc1CCI. The number of thiazole rings is 1. The highest BCUT2D eigenvalue weighted by atomic mass is 127. The fourth-order valence-corrected chi connectivity index (χ4v) is 3.64. The van der Waals surface area contributed by atoms with Crippen molar-refractivity contribution in [3.63, 3.8) is 0 Å². The maximum absolute atomic E-state index is 9.84. The molecule has 0 saturated heterocycles. The molecule has 0 aliphatic carbocycles. The molecule has 7 nitrogen and oxygen atoms in total. The standard InChI is InChI=1S/C6H8INS.C2H6O6S2/c1-5-6(2-3-7)9-4-8-5;1-2(9(3,4)5)10(6,7)8/h4H,2-3H2,1H3;2H,1H3,(H,3,4,5)(H,6,7,8)/p-2. The lowest BCUT2D eigenvalue weighted by molar-refractivity contribution is 0.438. The van der Waals surface area contributed by atoms with Gasteiger partial charge in [-0.3, -0.25) is 0 Å². The molecule has 112 valence electrons. The van der Waals surface area contributed by atoms with Crippen LogP contribution in [0, 0.1) is 6.92 Å². The van der Waals surface area contributed by atoms with E-state index in [0.29, 0.717) is 6.92 Å². The minimum Gasteiger partial charge on any atom is -0.747 e. The number of halogens is 1. The smallest absolute Gasteiger partial charge is 0.136 e. The van der Waals surface area contributed by atoms with Gasteiger partial charge in [-0.2, -0.15) is 0 Å². The summed E-state index contributed by atoms with van der Waals surface area (Å²) in [6.45, 7) is 2.60. The Labute approximate surface area is 130 Å². The van der Waals surface area contributed by atoms with Crippen LogP contribution in [-0.4, -0.2) is 39.9 Å². The summed E-state index contributed by atoms with van der Waals surface area (Å²) in [5.41, 5.74) is 3.12. The molecular formula is C8H12INO6S3-2. The molecule has 1 heterocycles. The van der Waals surface area contributed by atoms with E-state index in [-0.39, 0.29) is 0 Å². The van der Waals surface area contributed by atoms with Gasteiger partial charge < -0.3 is 9.11 Å². The first-order valence-corrected chi connectivity index (χ1v) is 10.2. The average Bonchev–Trinajstić information content (AvgIpc) is 2.62. The molecule has 19 heavy (non-hydrogen) atoms. The lowest BCUT2D eigenvalue weighted by atomic mass is 10.3. The zero-order chi connectivity index (χ0) is 15.3. The number of hydrogen-bond acceptors (Lipinski definition) is 8. The maximum atomic E-state index is 9.84. The van der Waals surface area contributed by atoms with E-state index >= 15 is 0 Å². The highest BCUT2D eigenvalue weighted by molar-refractivity contribution is 14.1. The second-order valence-corrected chi connectivity index (χ2v) is 9.06. The molecule has 1 aromatic rings. The van der Waals surface area contributed by atoms with Crippen molar-refractivity contribution in [1.82, 2.24) is 4.98 Å². The van der Waals surface area contributed by atoms with Gasteiger partial charge in [-0.05, 0) is 20.3 Å². The fraction of sp³-hybridized carbons (Fsp3) is 0.625. The van der Waals surface area contributed by atoms with E-state index in [0.717, 1.165) is 0 Å². The predicted octanol–water partition coefficient (Wildman–Crippen LogP) is 0.852. The first-order chi connectivity index (χ1) is 8.50. The molecule has 11 heteroatoms. The largest absolute Gasteiger partial charge is 0.747 e. The highest BCUT2D eigenvalue weighted by Crippen LogP contribution is 2.13. The molecule has 0 radical (unpaired) electrons. The van der Waals surface area contributed by atoms with Crippen molar-refractivity contribution in [3.8, 4) is 0 Å². The van der Waals surface area contributed by atoms with Crippen molar-refractivity contribution in [2.75, 3.05) is 4.43 Å². The van der Waals surface area contributed by atoms with Crippen molar-refractivity contribution < 1.29 is 25.9 Å². The van der Waals surface area contributed by atoms with E-state index in [1.807, 2.05) is 5.51 Å². The second kappa shape index (κ2) is 7.83. The number of rotatable bonds is 4. The maximum Gasteiger partial charge on any atom is 0.136 e. The Hall–Kier alpha value is 0.180. The van der Waals surface area contributed by atoms with Crippen LogP contribution >= 0.6 is 33.9 Å². The third-order valence-electron chi connectivity index (χ3n) is 1.98. The summed E-state index contributed by atoms with van der Waals surface area (Å²) < 4.78 is 57.9. The van der Waals surface area contributed by atoms with Crippen molar-refractivity contribution in [2.24, 2.45) is 0 Å². The molecule has 0 atom stereocenters. The van der Waals surface area contributed by atoms with Gasteiger partial charge in [0.05, 0.1) is 11.2 Å². The van der Waals surface area contributed by atoms with Crippen LogP contribution in [0.1, 0.15) is 17.5 Å². The highest BCUT2D eigenvalue weighted by Gasteiger charge is 2.16. The molecule has 0 aliphatic rings. The molecule has 0 amide bonds. The number of hydrogen-bond donors (Lipinski definition) is 0. The summed E-state index contributed by atoms with van der Waals surface area (Å²) in [6.07, 6.45) is 1.18. The van der Waals surface area contributed by atoms with E-state index in [1.165, 1.54) is 21.4 Å². The van der Waals surface area contributed by atoms with Crippen molar-refractivity contribution in [3.05, 3.63) is 16.1 Å². The lowest BCUT2D eigenvalue weighted by Gasteiger charge is -2.18. The topological polar surface area (TPSA) is 127 Å². The third kappa shape index (κ3) is 7.51. The van der Waals surface area contributed by atoms with Crippen molar-refractivity contribution >= 4 is 54.2 Å². The van der Waals surface area contributed by atoms with Crippen LogP contribution in [-0.2, 0) is 26.7 Å². The quantitative estimate of drug-likeness (QED) is 0.385. The van der Waals surface area contributed by atoms with Gasteiger partial charge in [-0.1, -0.05) is 22.6 Å². The first kappa shape index (κ1) is 19.2. The van der Waals surface area contributed by atoms with E-state index in [1.54, 1.807) is 11.3 Å². The fourth-order valence-electron chi connectivity index (χ4n) is 0.796. The molecule has 0 aliphatic heterocycles. The normalized spacial score (nSPS) is 12.1. The summed E-state index contributed by atoms with van der Waals surface area (Å²) in [5, 5.41) is 0. The number of alkyl halides is 1. The molecule has 0 bridgehead atoms. The van der Waals surface area contributed by atoms with Crippen LogP contribution < -0.4 is 0 Å². The van der Waals surface area contributed by atoms with Gasteiger partial charge in [0.1, 0.15) is 24.8 Å². The van der Waals surface area contributed by atoms with Gasteiger partial charge in [0.2, 0.25) is 0 Å². The molecule has 0 unspecified atom stereocenters. The van der Waals surface area contributed by atoms with Crippen LogP contribution in [0.5, 0.6) is 0 Å². The molecule has 1 aromatic heterocycles. The van der Waals surface area contributed by atoms with E-state index in [4.69, 9.17) is 0 Å². The van der Waals surface area contributed by atoms with Gasteiger partial charge in [-0.15, -0.1) is 11.3 Å². The lowest BCUT2D eigenvalue weighted by Crippen LogP contribution is -2.26. The number of aryl methyl sites for hydroxylation is 2. The Morgan fingerprint density at radius 1 is 1.32 bits per heavy atom. The van der Waals surface area contributed by atoms with Crippen molar-refractivity contribution in [1.29, 1.82) is 0 Å². The molecule has 0 aromatic carbocycles. The van der Waals surface area contributed by atoms with E-state index in [9.17, 15) is 25.9 Å². The Morgan fingerprint density at radius 3 is 2.00 bits per heavy atom. The van der Waals surface area contributed by atoms with Gasteiger partial charge >= 0.3 is 0 Å². The monoisotopic (exact) mass is 441 g/mol. The number of aromatic nitrogens is 1. The Kier molecular flexibility index (Phi) is 7.90. The second-order valence-electron chi connectivity index (χ2n) is 3.35. The van der Waals surface area contributed by atoms with Gasteiger partial charge in [0.25, 0.3) is 0 Å². The molecular weight excluding hydrogens is 429 g/mol. The van der Waals surface area contributed by atoms with Crippen LogP contribution in [0.15, 0.2) is 5.51 Å². The van der Waals surface area contributed by atoms with Crippen molar-refractivity contribution in [2.45, 2.75) is 24.9 Å². The summed E-state index contributed by atoms with van der Waals surface area (Å²) in [5.74, 6) is 0. The summed E-state index contributed by atoms with van der Waals surface area (Å²) in [4.78, 5) is 5.59. The molecule has 0 spiro atoms. The Bertz CT molecular complexity index is 562. The summed E-state index contributed by atoms with van der Waals surface area (Å²) >= 11 is 4.14. The van der Waals surface area contributed by atoms with Gasteiger partial charge in [-0.25, -0.2) is 21.8 Å². The molecule has 1 rings (SSSR count). The summed E-state index contributed by atoms with van der Waals surface area (Å²) in [6, 6.07) is 0. The van der Waals surface area contributed by atoms with Crippen LogP contribution in [0.25, 0.3) is 0 Å². The van der Waals surface area contributed by atoms with Gasteiger partial charge in [0, 0.05) is 9.30 Å². The summed E-state index contributed by atoms with van der Waals surface area (Å²) in [7, 11) is -10.0. The van der Waals surface area contributed by atoms with E-state index < -0.39 is 24.8 Å². The molecule has 0 N–H and O–H groups in total.